The van der Waals surface area contributed by atoms with E-state index in [0.29, 0.717) is 27.2 Å². The number of imidazole rings is 1. The summed E-state index contributed by atoms with van der Waals surface area (Å²) in [5.74, 6) is -1.64. The zero-order valence-electron chi connectivity index (χ0n) is 10.1. The number of halogens is 3. The molecule has 1 aromatic carbocycles. The fourth-order valence-corrected chi connectivity index (χ4v) is 2.80. The Kier molecular flexibility index (Phi) is 4.72. The molecule has 0 amide bonds. The number of carboxylic acids is 1. The van der Waals surface area contributed by atoms with Crippen molar-refractivity contribution in [2.45, 2.75) is 11.7 Å². The van der Waals surface area contributed by atoms with Gasteiger partial charge >= 0.3 is 5.97 Å². The molecule has 0 fully saturated rings. The lowest BCUT2D eigenvalue weighted by atomic mass is 10.3. The van der Waals surface area contributed by atoms with Crippen LogP contribution in [-0.2, 0) is 11.3 Å². The number of fused-ring (bicyclic) bond motifs is 1. The van der Waals surface area contributed by atoms with Crippen molar-refractivity contribution in [3.63, 3.8) is 0 Å². The Balaban J connectivity index is 2.54. The SMILES string of the molecule is C=C(Br)Cn1c(SCC(=O)O)nc2cc(F)c(Cl)cc21. The van der Waals surface area contributed by atoms with Gasteiger partial charge in [0.2, 0.25) is 0 Å². The van der Waals surface area contributed by atoms with Crippen LogP contribution in [0.3, 0.4) is 0 Å². The molecule has 2 aromatic rings. The molecule has 0 bridgehead atoms. The first kappa shape index (κ1) is 15.3. The van der Waals surface area contributed by atoms with E-state index in [1.807, 2.05) is 0 Å². The number of nitrogens with zero attached hydrogens (tertiary/aromatic N) is 2. The van der Waals surface area contributed by atoms with Gasteiger partial charge < -0.3 is 9.67 Å². The number of benzene rings is 1. The van der Waals surface area contributed by atoms with Crippen LogP contribution in [0.25, 0.3) is 11.0 Å². The van der Waals surface area contributed by atoms with E-state index in [1.54, 1.807) is 4.57 Å². The van der Waals surface area contributed by atoms with Gasteiger partial charge in [0.05, 0.1) is 28.4 Å². The fourth-order valence-electron chi connectivity index (χ4n) is 1.66. The van der Waals surface area contributed by atoms with Crippen molar-refractivity contribution in [1.82, 2.24) is 9.55 Å². The standard InChI is InChI=1S/C12H9BrClFN2O2S/c1-6(13)4-17-10-2-7(14)8(15)3-9(10)16-12(17)20-5-11(18)19/h2-3H,1,4-5H2,(H,18,19). The van der Waals surface area contributed by atoms with Gasteiger partial charge in [-0.05, 0) is 6.07 Å². The summed E-state index contributed by atoms with van der Waals surface area (Å²) in [6.45, 7) is 4.14. The van der Waals surface area contributed by atoms with Crippen LogP contribution in [0.5, 0.6) is 0 Å². The number of allylic oxidation sites excluding steroid dienone is 1. The maximum Gasteiger partial charge on any atom is 0.313 e. The Bertz CT molecular complexity index is 704. The van der Waals surface area contributed by atoms with Gasteiger partial charge in [0.25, 0.3) is 0 Å². The maximum atomic E-state index is 13.5. The second-order valence-corrected chi connectivity index (χ2v) is 6.41. The van der Waals surface area contributed by atoms with Crippen molar-refractivity contribution < 1.29 is 14.3 Å². The number of hydrogen-bond donors (Lipinski definition) is 1. The highest BCUT2D eigenvalue weighted by atomic mass is 79.9. The molecule has 0 radical (unpaired) electrons. The third-order valence-corrected chi connectivity index (χ3v) is 3.91. The molecule has 1 heterocycles. The normalized spacial score (nSPS) is 10.9. The number of aromatic nitrogens is 2. The molecule has 0 spiro atoms. The van der Waals surface area contributed by atoms with E-state index in [0.717, 1.165) is 11.8 Å². The van der Waals surface area contributed by atoms with Crippen LogP contribution in [0.4, 0.5) is 4.39 Å². The molecule has 0 atom stereocenters. The second-order valence-electron chi connectivity index (χ2n) is 3.94. The van der Waals surface area contributed by atoms with Crippen LogP contribution in [-0.4, -0.2) is 26.4 Å². The Labute approximate surface area is 131 Å². The lowest BCUT2D eigenvalue weighted by molar-refractivity contribution is -0.133. The Morgan fingerprint density at radius 2 is 2.30 bits per heavy atom. The first-order valence-corrected chi connectivity index (χ1v) is 7.57. The van der Waals surface area contributed by atoms with Crippen LogP contribution in [0.15, 0.2) is 28.4 Å². The molecular weight excluding hydrogens is 371 g/mol. The zero-order valence-corrected chi connectivity index (χ0v) is 13.2. The molecule has 2 rings (SSSR count). The number of carboxylic acid groups (broad SMARTS) is 1. The van der Waals surface area contributed by atoms with Crippen molar-refractivity contribution in [2.75, 3.05) is 5.75 Å². The first-order chi connectivity index (χ1) is 9.38. The van der Waals surface area contributed by atoms with E-state index in [4.69, 9.17) is 16.7 Å². The largest absolute Gasteiger partial charge is 0.481 e. The summed E-state index contributed by atoms with van der Waals surface area (Å²) in [4.78, 5) is 14.9. The molecule has 0 saturated carbocycles. The van der Waals surface area contributed by atoms with Gasteiger partial charge in [0.15, 0.2) is 5.16 Å². The van der Waals surface area contributed by atoms with Crippen LogP contribution in [0.1, 0.15) is 0 Å². The number of hydrogen-bond acceptors (Lipinski definition) is 3. The molecule has 0 aliphatic rings. The number of thioether (sulfide) groups is 1. The van der Waals surface area contributed by atoms with Gasteiger partial charge in [-0.1, -0.05) is 45.9 Å². The highest BCUT2D eigenvalue weighted by molar-refractivity contribution is 9.11. The molecule has 0 aliphatic heterocycles. The van der Waals surface area contributed by atoms with Crippen LogP contribution < -0.4 is 0 Å². The summed E-state index contributed by atoms with van der Waals surface area (Å²) in [5, 5.41) is 9.22. The quantitative estimate of drug-likeness (QED) is 0.800. The maximum absolute atomic E-state index is 13.5. The summed E-state index contributed by atoms with van der Waals surface area (Å²) >= 11 is 10.1. The van der Waals surface area contributed by atoms with Gasteiger partial charge in [-0.15, -0.1) is 0 Å². The van der Waals surface area contributed by atoms with Crippen LogP contribution in [0, 0.1) is 5.82 Å². The molecule has 8 heteroatoms. The third kappa shape index (κ3) is 3.34. The Morgan fingerprint density at radius 1 is 1.60 bits per heavy atom. The topological polar surface area (TPSA) is 55.1 Å². The van der Waals surface area contributed by atoms with E-state index in [9.17, 15) is 9.18 Å². The summed E-state index contributed by atoms with van der Waals surface area (Å²) in [5.41, 5.74) is 1.05. The first-order valence-electron chi connectivity index (χ1n) is 5.41. The molecule has 106 valence electrons. The minimum absolute atomic E-state index is 0.00591. The monoisotopic (exact) mass is 378 g/mol. The second kappa shape index (κ2) is 6.15. The van der Waals surface area contributed by atoms with E-state index in [2.05, 4.69) is 27.5 Å². The predicted octanol–water partition coefficient (Wildman–Crippen LogP) is 3.91. The molecule has 0 unspecified atom stereocenters. The van der Waals surface area contributed by atoms with E-state index in [1.165, 1.54) is 12.1 Å². The number of aliphatic carboxylic acids is 1. The fraction of sp³-hybridized carbons (Fsp3) is 0.167. The molecule has 0 aliphatic carbocycles. The van der Waals surface area contributed by atoms with Crippen molar-refractivity contribution in [2.24, 2.45) is 0 Å². The average molecular weight is 380 g/mol. The van der Waals surface area contributed by atoms with Gasteiger partial charge in [-0.3, -0.25) is 4.79 Å². The molecule has 20 heavy (non-hydrogen) atoms. The lowest BCUT2D eigenvalue weighted by Crippen LogP contribution is -2.03. The summed E-state index contributed by atoms with van der Waals surface area (Å²) in [6, 6.07) is 2.70. The smallest absolute Gasteiger partial charge is 0.313 e. The van der Waals surface area contributed by atoms with Gasteiger partial charge in [0.1, 0.15) is 5.82 Å². The highest BCUT2D eigenvalue weighted by Gasteiger charge is 2.15. The van der Waals surface area contributed by atoms with Crippen LogP contribution in [0.2, 0.25) is 5.02 Å². The van der Waals surface area contributed by atoms with Crippen molar-refractivity contribution in [1.29, 1.82) is 0 Å². The molecule has 4 nitrogen and oxygen atoms in total. The van der Waals surface area contributed by atoms with Gasteiger partial charge in [-0.2, -0.15) is 0 Å². The van der Waals surface area contributed by atoms with Gasteiger partial charge in [-0.25, -0.2) is 9.37 Å². The zero-order chi connectivity index (χ0) is 14.9. The summed E-state index contributed by atoms with van der Waals surface area (Å²) in [6.07, 6.45) is 0. The van der Waals surface area contributed by atoms with Crippen LogP contribution >= 0.6 is 39.3 Å². The minimum atomic E-state index is -0.949. The van der Waals surface area contributed by atoms with Crippen molar-refractivity contribution in [3.8, 4) is 0 Å². The summed E-state index contributed by atoms with van der Waals surface area (Å²) in [7, 11) is 0. The van der Waals surface area contributed by atoms with E-state index < -0.39 is 11.8 Å². The van der Waals surface area contributed by atoms with Gasteiger partial charge in [0, 0.05) is 10.5 Å². The lowest BCUT2D eigenvalue weighted by Gasteiger charge is -2.07. The molecule has 1 N–H and O–H groups in total. The Morgan fingerprint density at radius 3 is 2.90 bits per heavy atom. The van der Waals surface area contributed by atoms with E-state index >= 15 is 0 Å². The van der Waals surface area contributed by atoms with E-state index in [-0.39, 0.29) is 10.8 Å². The van der Waals surface area contributed by atoms with Crippen molar-refractivity contribution >= 4 is 56.3 Å². The number of rotatable bonds is 5. The Hall–Kier alpha value is -1.05. The molecule has 0 saturated heterocycles. The highest BCUT2D eigenvalue weighted by Crippen LogP contribution is 2.29. The molecule has 1 aromatic heterocycles. The van der Waals surface area contributed by atoms with Crippen molar-refractivity contribution in [3.05, 3.63) is 34.0 Å². The molecular formula is C12H9BrClFN2O2S. The average Bonchev–Trinajstić information content (AvgIpc) is 2.65. The minimum Gasteiger partial charge on any atom is -0.481 e. The number of carbonyl (C=O) groups is 1. The summed E-state index contributed by atoms with van der Waals surface area (Å²) < 4.78 is 15.9. The predicted molar refractivity (Wildman–Crippen MR) is 81.1 cm³/mol. The third-order valence-electron chi connectivity index (χ3n) is 2.41.